The van der Waals surface area contributed by atoms with Gasteiger partial charge in [0, 0.05) is 18.5 Å². The molecule has 0 radical (unpaired) electrons. The largest absolute Gasteiger partial charge is 0.388 e. The van der Waals surface area contributed by atoms with Crippen LogP contribution in [0.15, 0.2) is 0 Å². The van der Waals surface area contributed by atoms with Gasteiger partial charge < -0.3 is 10.0 Å². The van der Waals surface area contributed by atoms with Crippen LogP contribution in [0.25, 0.3) is 0 Å². The zero-order valence-corrected chi connectivity index (χ0v) is 9.92. The highest BCUT2D eigenvalue weighted by Gasteiger charge is 2.49. The number of hydrogen-bond acceptors (Lipinski definition) is 2. The molecule has 0 aromatic heterocycles. The van der Waals surface area contributed by atoms with Crippen LogP contribution in [0.3, 0.4) is 0 Å². The average molecular weight is 211 g/mol. The van der Waals surface area contributed by atoms with Crippen molar-refractivity contribution in [2.24, 2.45) is 11.3 Å². The maximum absolute atomic E-state index is 12.0. The smallest absolute Gasteiger partial charge is 0.228 e. The summed E-state index contributed by atoms with van der Waals surface area (Å²) < 4.78 is 0. The molecule has 1 aliphatic carbocycles. The molecule has 0 bridgehead atoms. The van der Waals surface area contributed by atoms with Crippen LogP contribution < -0.4 is 0 Å². The molecule has 3 nitrogen and oxygen atoms in total. The Labute approximate surface area is 91.5 Å². The Morgan fingerprint density at radius 2 is 2.00 bits per heavy atom. The van der Waals surface area contributed by atoms with Crippen molar-refractivity contribution in [3.8, 4) is 0 Å². The minimum absolute atomic E-state index is 0.166. The third-order valence-corrected chi connectivity index (χ3v) is 3.55. The normalized spacial score (nSPS) is 32.1. The van der Waals surface area contributed by atoms with Gasteiger partial charge in [-0.1, -0.05) is 20.8 Å². The number of hydrogen-bond donors (Lipinski definition) is 1. The Hall–Kier alpha value is -0.570. The number of rotatable bonds is 1. The molecule has 1 heterocycles. The third kappa shape index (κ3) is 2.03. The Kier molecular flexibility index (Phi) is 2.34. The number of carbonyl (C=O) groups excluding carboxylic acids is 1. The van der Waals surface area contributed by atoms with Gasteiger partial charge in [-0.15, -0.1) is 0 Å². The molecule has 0 aromatic carbocycles. The van der Waals surface area contributed by atoms with Crippen LogP contribution in [0.2, 0.25) is 0 Å². The Bertz CT molecular complexity index is 278. The van der Waals surface area contributed by atoms with E-state index in [9.17, 15) is 9.90 Å². The van der Waals surface area contributed by atoms with Crippen molar-refractivity contribution in [2.75, 3.05) is 13.1 Å². The molecule has 3 heteroatoms. The molecule has 86 valence electrons. The summed E-state index contributed by atoms with van der Waals surface area (Å²) in [5.41, 5.74) is -0.893. The fraction of sp³-hybridized carbons (Fsp3) is 0.917. The second-order valence-corrected chi connectivity index (χ2v) is 6.10. The van der Waals surface area contributed by atoms with Crippen LogP contribution in [0, 0.1) is 11.3 Å². The van der Waals surface area contributed by atoms with Crippen LogP contribution >= 0.6 is 0 Å². The summed E-state index contributed by atoms with van der Waals surface area (Å²) >= 11 is 0. The first-order chi connectivity index (χ1) is 6.83. The van der Waals surface area contributed by atoms with Crippen LogP contribution in [0.4, 0.5) is 0 Å². The number of aliphatic hydroxyl groups is 1. The lowest BCUT2D eigenvalue weighted by Gasteiger charge is -2.27. The van der Waals surface area contributed by atoms with Gasteiger partial charge in [-0.05, 0) is 25.2 Å². The topological polar surface area (TPSA) is 40.5 Å². The van der Waals surface area contributed by atoms with Crippen LogP contribution in [0.5, 0.6) is 0 Å². The van der Waals surface area contributed by atoms with Crippen molar-refractivity contribution in [2.45, 2.75) is 45.6 Å². The van der Waals surface area contributed by atoms with E-state index in [4.69, 9.17) is 0 Å². The quantitative estimate of drug-likeness (QED) is 0.712. The van der Waals surface area contributed by atoms with Gasteiger partial charge >= 0.3 is 0 Å². The van der Waals surface area contributed by atoms with E-state index in [2.05, 4.69) is 0 Å². The molecular formula is C12H21NO2. The molecule has 2 rings (SSSR count). The maximum atomic E-state index is 12.0. The van der Waals surface area contributed by atoms with Crippen molar-refractivity contribution >= 4 is 5.91 Å². The van der Waals surface area contributed by atoms with E-state index in [1.54, 1.807) is 0 Å². The highest BCUT2D eigenvalue weighted by Crippen LogP contribution is 2.44. The molecular weight excluding hydrogens is 190 g/mol. The Balaban J connectivity index is 2.00. The predicted molar refractivity (Wildman–Crippen MR) is 58.3 cm³/mol. The molecule has 1 unspecified atom stereocenters. The van der Waals surface area contributed by atoms with E-state index in [1.165, 1.54) is 0 Å². The SMILES string of the molecule is CC(C)(C)C(=O)N1CCC(O)(C2CC2)C1. The Morgan fingerprint density at radius 3 is 2.47 bits per heavy atom. The van der Waals surface area contributed by atoms with E-state index in [-0.39, 0.29) is 11.3 Å². The Morgan fingerprint density at radius 1 is 1.40 bits per heavy atom. The number of nitrogens with zero attached hydrogens (tertiary/aromatic N) is 1. The monoisotopic (exact) mass is 211 g/mol. The lowest BCUT2D eigenvalue weighted by atomic mass is 9.94. The molecule has 1 N–H and O–H groups in total. The molecule has 0 aromatic rings. The number of amides is 1. The lowest BCUT2D eigenvalue weighted by Crippen LogP contribution is -2.42. The first-order valence-electron chi connectivity index (χ1n) is 5.85. The summed E-state index contributed by atoms with van der Waals surface area (Å²) in [5.74, 6) is 0.620. The van der Waals surface area contributed by atoms with Gasteiger partial charge in [0.15, 0.2) is 0 Å². The van der Waals surface area contributed by atoms with Crippen molar-refractivity contribution in [1.29, 1.82) is 0 Å². The van der Waals surface area contributed by atoms with Gasteiger partial charge in [0.05, 0.1) is 5.60 Å². The van der Waals surface area contributed by atoms with Crippen molar-refractivity contribution in [3.63, 3.8) is 0 Å². The summed E-state index contributed by atoms with van der Waals surface area (Å²) in [4.78, 5) is 13.8. The molecule has 2 fully saturated rings. The summed E-state index contributed by atoms with van der Waals surface area (Å²) in [5, 5.41) is 10.3. The standard InChI is InChI=1S/C12H21NO2/c1-11(2,3)10(14)13-7-6-12(15,8-13)9-4-5-9/h9,15H,4-8H2,1-3H3. The fourth-order valence-electron chi connectivity index (χ4n) is 2.42. The van der Waals surface area contributed by atoms with Gasteiger partial charge in [-0.25, -0.2) is 0 Å². The van der Waals surface area contributed by atoms with Gasteiger partial charge in [0.25, 0.3) is 0 Å². The molecule has 1 saturated carbocycles. The number of likely N-dealkylation sites (tertiary alicyclic amines) is 1. The number of carbonyl (C=O) groups is 1. The molecule has 1 aliphatic heterocycles. The average Bonchev–Trinajstić information content (AvgIpc) is 2.89. The summed E-state index contributed by atoms with van der Waals surface area (Å²) in [6, 6.07) is 0. The van der Waals surface area contributed by atoms with Crippen LogP contribution in [-0.4, -0.2) is 34.6 Å². The lowest BCUT2D eigenvalue weighted by molar-refractivity contribution is -0.139. The second-order valence-electron chi connectivity index (χ2n) is 6.10. The highest BCUT2D eigenvalue weighted by atomic mass is 16.3. The van der Waals surface area contributed by atoms with Gasteiger partial charge in [0.1, 0.15) is 0 Å². The van der Waals surface area contributed by atoms with E-state index in [1.807, 2.05) is 25.7 Å². The third-order valence-electron chi connectivity index (χ3n) is 3.55. The zero-order valence-electron chi connectivity index (χ0n) is 9.92. The summed E-state index contributed by atoms with van der Waals surface area (Å²) in [6.07, 6.45) is 3.03. The summed E-state index contributed by atoms with van der Waals surface area (Å²) in [6.45, 7) is 7.08. The number of β-amino-alcohol motifs (C(OH)–C–C–N with tert-alkyl or cyclic N) is 1. The summed E-state index contributed by atoms with van der Waals surface area (Å²) in [7, 11) is 0. The van der Waals surface area contributed by atoms with E-state index >= 15 is 0 Å². The molecule has 1 amide bonds. The van der Waals surface area contributed by atoms with Crippen molar-refractivity contribution in [3.05, 3.63) is 0 Å². The molecule has 1 saturated heterocycles. The fourth-order valence-corrected chi connectivity index (χ4v) is 2.42. The van der Waals surface area contributed by atoms with E-state index in [0.29, 0.717) is 12.5 Å². The first kappa shape index (κ1) is 10.9. The van der Waals surface area contributed by atoms with E-state index in [0.717, 1.165) is 25.8 Å². The first-order valence-corrected chi connectivity index (χ1v) is 5.85. The predicted octanol–water partition coefficient (Wildman–Crippen LogP) is 1.41. The molecule has 0 spiro atoms. The molecule has 1 atom stereocenters. The van der Waals surface area contributed by atoms with Gasteiger partial charge in [-0.3, -0.25) is 4.79 Å². The van der Waals surface area contributed by atoms with Crippen LogP contribution in [-0.2, 0) is 4.79 Å². The zero-order chi connectivity index (χ0) is 11.3. The molecule has 15 heavy (non-hydrogen) atoms. The minimum atomic E-state index is -0.569. The van der Waals surface area contributed by atoms with E-state index < -0.39 is 5.60 Å². The maximum Gasteiger partial charge on any atom is 0.228 e. The van der Waals surface area contributed by atoms with Crippen molar-refractivity contribution < 1.29 is 9.90 Å². The van der Waals surface area contributed by atoms with Crippen molar-refractivity contribution in [1.82, 2.24) is 4.90 Å². The second kappa shape index (κ2) is 3.21. The minimum Gasteiger partial charge on any atom is -0.388 e. The molecule has 2 aliphatic rings. The van der Waals surface area contributed by atoms with Crippen LogP contribution in [0.1, 0.15) is 40.0 Å². The van der Waals surface area contributed by atoms with Gasteiger partial charge in [0.2, 0.25) is 5.91 Å². The van der Waals surface area contributed by atoms with Gasteiger partial charge in [-0.2, -0.15) is 0 Å². The highest BCUT2D eigenvalue weighted by molar-refractivity contribution is 5.81.